The zero-order valence-corrected chi connectivity index (χ0v) is 13.8. The minimum atomic E-state index is -3.22. The van der Waals surface area contributed by atoms with Crippen LogP contribution in [0.1, 0.15) is 25.8 Å². The quantitative estimate of drug-likeness (QED) is 0.733. The molecule has 0 atom stereocenters. The molecule has 0 unspecified atom stereocenters. The SMILES string of the molecule is CC(C)(CCBr)CNS(=O)(=O)CCc1ccncc1. The second-order valence-electron chi connectivity index (χ2n) is 5.35. The van der Waals surface area contributed by atoms with Gasteiger partial charge in [0.15, 0.2) is 0 Å². The molecular formula is C13H21BrN2O2S. The number of rotatable bonds is 8. The van der Waals surface area contributed by atoms with Crippen molar-refractivity contribution in [1.29, 1.82) is 0 Å². The molecule has 0 aliphatic heterocycles. The lowest BCUT2D eigenvalue weighted by molar-refractivity contribution is 0.354. The molecule has 0 aliphatic carbocycles. The first-order valence-corrected chi connectivity index (χ1v) is 9.04. The van der Waals surface area contributed by atoms with E-state index in [9.17, 15) is 8.42 Å². The van der Waals surface area contributed by atoms with E-state index >= 15 is 0 Å². The van der Waals surface area contributed by atoms with Crippen molar-refractivity contribution in [2.75, 3.05) is 17.6 Å². The Hall–Kier alpha value is -0.460. The van der Waals surface area contributed by atoms with Gasteiger partial charge in [0.2, 0.25) is 10.0 Å². The zero-order valence-electron chi connectivity index (χ0n) is 11.4. The highest BCUT2D eigenvalue weighted by atomic mass is 79.9. The highest BCUT2D eigenvalue weighted by molar-refractivity contribution is 9.09. The number of aromatic nitrogens is 1. The first-order chi connectivity index (χ1) is 8.85. The van der Waals surface area contributed by atoms with Crippen molar-refractivity contribution < 1.29 is 8.42 Å². The molecule has 19 heavy (non-hydrogen) atoms. The average Bonchev–Trinajstić information content (AvgIpc) is 2.36. The van der Waals surface area contributed by atoms with Crippen molar-refractivity contribution in [2.24, 2.45) is 5.41 Å². The third-order valence-electron chi connectivity index (χ3n) is 2.95. The number of nitrogens with one attached hydrogen (secondary N) is 1. The van der Waals surface area contributed by atoms with E-state index in [0.717, 1.165) is 17.3 Å². The minimum absolute atomic E-state index is 0.0345. The fourth-order valence-corrected chi connectivity index (χ4v) is 3.86. The second kappa shape index (κ2) is 7.36. The molecule has 0 fully saturated rings. The molecule has 108 valence electrons. The summed E-state index contributed by atoms with van der Waals surface area (Å²) >= 11 is 3.38. The van der Waals surface area contributed by atoms with Crippen LogP contribution in [0, 0.1) is 5.41 Å². The molecule has 0 bridgehead atoms. The zero-order chi connectivity index (χ0) is 14.4. The van der Waals surface area contributed by atoms with Gasteiger partial charge in [0.05, 0.1) is 5.75 Å². The average molecular weight is 349 g/mol. The van der Waals surface area contributed by atoms with Crippen LogP contribution in [0.15, 0.2) is 24.5 Å². The summed E-state index contributed by atoms with van der Waals surface area (Å²) in [6, 6.07) is 3.68. The molecule has 0 amide bonds. The Labute approximate surface area is 124 Å². The number of halogens is 1. The van der Waals surface area contributed by atoms with Crippen LogP contribution in [0.25, 0.3) is 0 Å². The van der Waals surface area contributed by atoms with Crippen molar-refractivity contribution in [3.05, 3.63) is 30.1 Å². The summed E-state index contributed by atoms with van der Waals surface area (Å²) < 4.78 is 26.5. The summed E-state index contributed by atoms with van der Waals surface area (Å²) in [5, 5.41) is 0.874. The fraction of sp³-hybridized carbons (Fsp3) is 0.615. The Morgan fingerprint density at radius 3 is 2.53 bits per heavy atom. The molecule has 0 saturated heterocycles. The maximum atomic E-state index is 11.9. The van der Waals surface area contributed by atoms with Crippen LogP contribution in [-0.4, -0.2) is 31.0 Å². The standard InChI is InChI=1S/C13H21BrN2O2S/c1-13(2,6-7-14)11-16-19(17,18)10-5-12-3-8-15-9-4-12/h3-4,8-9,16H,5-7,10-11H2,1-2H3. The van der Waals surface area contributed by atoms with E-state index in [2.05, 4.69) is 39.5 Å². The van der Waals surface area contributed by atoms with Crippen LogP contribution in [0.2, 0.25) is 0 Å². The molecule has 0 saturated carbocycles. The lowest BCUT2D eigenvalue weighted by Gasteiger charge is -2.23. The summed E-state index contributed by atoms with van der Waals surface area (Å²) in [7, 11) is -3.22. The monoisotopic (exact) mass is 348 g/mol. The fourth-order valence-electron chi connectivity index (χ4n) is 1.52. The topological polar surface area (TPSA) is 59.1 Å². The number of sulfonamides is 1. The molecule has 0 aromatic carbocycles. The summed E-state index contributed by atoms with van der Waals surface area (Å²) in [6.45, 7) is 4.58. The number of pyridine rings is 1. The predicted octanol–water partition coefficient (Wildman–Crippen LogP) is 2.35. The minimum Gasteiger partial charge on any atom is -0.265 e. The third-order valence-corrected chi connectivity index (χ3v) is 4.67. The molecule has 1 aromatic heterocycles. The summed E-state index contributed by atoms with van der Waals surface area (Å²) in [6.07, 6.45) is 4.79. The Kier molecular flexibility index (Phi) is 6.42. The van der Waals surface area contributed by atoms with Gasteiger partial charge in [0.1, 0.15) is 0 Å². The van der Waals surface area contributed by atoms with Gasteiger partial charge in [-0.1, -0.05) is 29.8 Å². The van der Waals surface area contributed by atoms with Gasteiger partial charge in [0.25, 0.3) is 0 Å². The van der Waals surface area contributed by atoms with Gasteiger partial charge in [-0.15, -0.1) is 0 Å². The van der Waals surface area contributed by atoms with Gasteiger partial charge in [-0.3, -0.25) is 4.98 Å². The van der Waals surface area contributed by atoms with Crippen LogP contribution < -0.4 is 4.72 Å². The summed E-state index contributed by atoms with van der Waals surface area (Å²) in [4.78, 5) is 3.91. The number of nitrogens with zero attached hydrogens (tertiary/aromatic N) is 1. The van der Waals surface area contributed by atoms with Gasteiger partial charge in [-0.05, 0) is 36.0 Å². The van der Waals surface area contributed by atoms with E-state index in [4.69, 9.17) is 0 Å². The van der Waals surface area contributed by atoms with Crippen molar-refractivity contribution in [1.82, 2.24) is 9.71 Å². The maximum absolute atomic E-state index is 11.9. The molecule has 4 nitrogen and oxygen atoms in total. The van der Waals surface area contributed by atoms with Crippen LogP contribution in [0.4, 0.5) is 0 Å². The van der Waals surface area contributed by atoms with Gasteiger partial charge >= 0.3 is 0 Å². The predicted molar refractivity (Wildman–Crippen MR) is 81.9 cm³/mol. The van der Waals surface area contributed by atoms with E-state index in [1.807, 2.05) is 12.1 Å². The highest BCUT2D eigenvalue weighted by Gasteiger charge is 2.20. The normalized spacial score (nSPS) is 12.6. The Bertz CT molecular complexity index is 475. The van der Waals surface area contributed by atoms with Crippen LogP contribution in [-0.2, 0) is 16.4 Å². The van der Waals surface area contributed by atoms with Crippen molar-refractivity contribution in [3.8, 4) is 0 Å². The van der Waals surface area contributed by atoms with E-state index in [0.29, 0.717) is 13.0 Å². The first-order valence-electron chi connectivity index (χ1n) is 6.27. The van der Waals surface area contributed by atoms with Crippen LogP contribution in [0.3, 0.4) is 0 Å². The molecule has 1 aromatic rings. The summed E-state index contributed by atoms with van der Waals surface area (Å²) in [5.41, 5.74) is 0.952. The molecule has 6 heteroatoms. The maximum Gasteiger partial charge on any atom is 0.211 e. The second-order valence-corrected chi connectivity index (χ2v) is 8.07. The molecular weight excluding hydrogens is 328 g/mol. The number of aryl methyl sites for hydroxylation is 1. The van der Waals surface area contributed by atoms with Crippen molar-refractivity contribution in [2.45, 2.75) is 26.7 Å². The molecule has 1 rings (SSSR count). The van der Waals surface area contributed by atoms with Gasteiger partial charge in [-0.2, -0.15) is 0 Å². The lowest BCUT2D eigenvalue weighted by Crippen LogP contribution is -2.36. The number of hydrogen-bond donors (Lipinski definition) is 1. The van der Waals surface area contributed by atoms with E-state index in [-0.39, 0.29) is 11.2 Å². The molecule has 1 heterocycles. The molecule has 1 N–H and O–H groups in total. The largest absolute Gasteiger partial charge is 0.265 e. The molecule has 0 spiro atoms. The van der Waals surface area contributed by atoms with Gasteiger partial charge in [-0.25, -0.2) is 13.1 Å². The Morgan fingerprint density at radius 2 is 1.95 bits per heavy atom. The smallest absolute Gasteiger partial charge is 0.211 e. The van der Waals surface area contributed by atoms with E-state index in [1.54, 1.807) is 12.4 Å². The van der Waals surface area contributed by atoms with Crippen molar-refractivity contribution in [3.63, 3.8) is 0 Å². The Morgan fingerprint density at radius 1 is 1.32 bits per heavy atom. The summed E-state index contributed by atoms with van der Waals surface area (Å²) in [5.74, 6) is 0.113. The van der Waals surface area contributed by atoms with Crippen LogP contribution in [0.5, 0.6) is 0 Å². The van der Waals surface area contributed by atoms with E-state index < -0.39 is 10.0 Å². The lowest BCUT2D eigenvalue weighted by atomic mass is 9.91. The van der Waals surface area contributed by atoms with Crippen LogP contribution >= 0.6 is 15.9 Å². The van der Waals surface area contributed by atoms with Crippen molar-refractivity contribution >= 4 is 26.0 Å². The molecule has 0 aliphatic rings. The van der Waals surface area contributed by atoms with E-state index in [1.165, 1.54) is 0 Å². The number of alkyl halides is 1. The molecule has 0 radical (unpaired) electrons. The number of hydrogen-bond acceptors (Lipinski definition) is 3. The van der Waals surface area contributed by atoms with Gasteiger partial charge in [0, 0.05) is 24.3 Å². The Balaban J connectivity index is 2.44. The van der Waals surface area contributed by atoms with Gasteiger partial charge < -0.3 is 0 Å². The third kappa shape index (κ3) is 7.03. The first kappa shape index (κ1) is 16.6. The highest BCUT2D eigenvalue weighted by Crippen LogP contribution is 2.20.